The molecule has 2 aromatic rings. The van der Waals surface area contributed by atoms with Crippen LogP contribution in [0.15, 0.2) is 70.9 Å². The van der Waals surface area contributed by atoms with E-state index >= 15 is 0 Å². The van der Waals surface area contributed by atoms with Gasteiger partial charge in [-0.2, -0.15) is 22.7 Å². The molecule has 2 heterocycles. The first kappa shape index (κ1) is 22.1. The van der Waals surface area contributed by atoms with Crippen LogP contribution in [0.1, 0.15) is 29.9 Å². The molecule has 5 rings (SSSR count). The molecule has 0 aromatic heterocycles. The number of carbonyl (C=O) groups excluding carboxylic acids is 1. The van der Waals surface area contributed by atoms with Gasteiger partial charge in [-0.3, -0.25) is 9.79 Å². The fraction of sp³-hybridized carbons (Fsp3) is 0.292. The van der Waals surface area contributed by atoms with E-state index in [9.17, 15) is 22.4 Å². The number of hydrogen-bond acceptors (Lipinski definition) is 6. The molecule has 6 nitrogen and oxygen atoms in total. The van der Waals surface area contributed by atoms with Crippen LogP contribution in [0.3, 0.4) is 0 Å². The Morgan fingerprint density at radius 3 is 2.03 bits per heavy atom. The number of halogens is 4. The number of benzene rings is 2. The molecule has 0 spiro atoms. The minimum atomic E-state index is -2.96. The molecule has 10 heteroatoms. The number of ether oxygens (including phenoxy) is 2. The summed E-state index contributed by atoms with van der Waals surface area (Å²) in [6, 6.07) is 11.5. The first-order valence-corrected chi connectivity index (χ1v) is 10.7. The van der Waals surface area contributed by atoms with Gasteiger partial charge in [0.2, 0.25) is 0 Å². The molecule has 0 saturated heterocycles. The lowest BCUT2D eigenvalue weighted by Gasteiger charge is -2.37. The number of allylic oxidation sites excluding steroid dienone is 1. The number of alkyl halides is 4. The van der Waals surface area contributed by atoms with Gasteiger partial charge in [-0.15, -0.1) is 0 Å². The molecular weight excluding hydrogens is 454 g/mol. The number of hydrogen-bond donors (Lipinski definition) is 0. The highest BCUT2D eigenvalue weighted by Crippen LogP contribution is 2.38. The minimum Gasteiger partial charge on any atom is -0.435 e. The van der Waals surface area contributed by atoms with Gasteiger partial charge in [0.15, 0.2) is 11.9 Å². The van der Waals surface area contributed by atoms with Gasteiger partial charge in [0, 0.05) is 23.4 Å². The number of Topliss-reactive ketones (excluding diaryl/α,β-unsaturated/α-hetero) is 1. The van der Waals surface area contributed by atoms with Crippen molar-refractivity contribution in [1.29, 1.82) is 0 Å². The van der Waals surface area contributed by atoms with Gasteiger partial charge in [0.25, 0.3) is 0 Å². The van der Waals surface area contributed by atoms with Crippen LogP contribution in [0.4, 0.5) is 17.6 Å². The van der Waals surface area contributed by atoms with Crippen molar-refractivity contribution in [3.63, 3.8) is 0 Å². The highest BCUT2D eigenvalue weighted by Gasteiger charge is 2.42. The average Bonchev–Trinajstić information content (AvgIpc) is 3.65. The predicted octanol–water partition coefficient (Wildman–Crippen LogP) is 4.97. The van der Waals surface area contributed by atoms with Crippen molar-refractivity contribution in [2.45, 2.75) is 38.1 Å². The van der Waals surface area contributed by atoms with Crippen molar-refractivity contribution >= 4 is 17.2 Å². The van der Waals surface area contributed by atoms with Crippen LogP contribution >= 0.6 is 0 Å². The second-order valence-electron chi connectivity index (χ2n) is 8.08. The van der Waals surface area contributed by atoms with Gasteiger partial charge in [-0.05, 0) is 60.9 Å². The zero-order valence-electron chi connectivity index (χ0n) is 17.7. The molecule has 1 saturated carbocycles. The van der Waals surface area contributed by atoms with Gasteiger partial charge < -0.3 is 9.47 Å². The SMILES string of the molecule is O=C1C(c2ccc(OC(F)F)cc2)=NN2C=CC(C3CC3)=NC2C1c1ccc(OC(F)F)cc1. The number of rotatable bonds is 7. The summed E-state index contributed by atoms with van der Waals surface area (Å²) in [4.78, 5) is 18.4. The summed E-state index contributed by atoms with van der Waals surface area (Å²) in [5, 5.41) is 6.08. The zero-order chi connectivity index (χ0) is 23.8. The Kier molecular flexibility index (Phi) is 5.80. The number of hydrazone groups is 1. The van der Waals surface area contributed by atoms with Crippen molar-refractivity contribution in [3.05, 3.63) is 71.9 Å². The van der Waals surface area contributed by atoms with Crippen LogP contribution in [-0.4, -0.2) is 41.6 Å². The van der Waals surface area contributed by atoms with Crippen molar-refractivity contribution in [2.24, 2.45) is 16.0 Å². The van der Waals surface area contributed by atoms with Crippen LogP contribution in [0.25, 0.3) is 0 Å². The van der Waals surface area contributed by atoms with Crippen LogP contribution in [0, 0.1) is 5.92 Å². The summed E-state index contributed by atoms with van der Waals surface area (Å²) >= 11 is 0. The summed E-state index contributed by atoms with van der Waals surface area (Å²) in [6.07, 6.45) is 5.10. The maximum Gasteiger partial charge on any atom is 0.387 e. The Labute approximate surface area is 192 Å². The number of carbonyl (C=O) groups is 1. The third kappa shape index (κ3) is 4.52. The van der Waals surface area contributed by atoms with E-state index in [0.29, 0.717) is 17.0 Å². The van der Waals surface area contributed by atoms with Crippen LogP contribution in [0.5, 0.6) is 11.5 Å². The molecule has 34 heavy (non-hydrogen) atoms. The van der Waals surface area contributed by atoms with E-state index in [-0.39, 0.29) is 23.0 Å². The third-order valence-electron chi connectivity index (χ3n) is 5.79. The largest absolute Gasteiger partial charge is 0.435 e. The molecule has 0 bridgehead atoms. The van der Waals surface area contributed by atoms with E-state index in [4.69, 9.17) is 4.99 Å². The first-order chi connectivity index (χ1) is 16.4. The number of fused-ring (bicyclic) bond motifs is 1. The Hall–Kier alpha value is -3.69. The summed E-state index contributed by atoms with van der Waals surface area (Å²) in [6.45, 7) is -5.92. The van der Waals surface area contributed by atoms with Gasteiger partial charge in [-0.1, -0.05) is 12.1 Å². The number of aliphatic imine (C=N–C) groups is 1. The molecule has 176 valence electrons. The summed E-state index contributed by atoms with van der Waals surface area (Å²) in [5.74, 6) is -0.774. The van der Waals surface area contributed by atoms with Crippen molar-refractivity contribution in [3.8, 4) is 11.5 Å². The molecule has 2 aliphatic heterocycles. The maximum absolute atomic E-state index is 13.6. The van der Waals surface area contributed by atoms with Gasteiger partial charge in [0.05, 0.1) is 5.92 Å². The van der Waals surface area contributed by atoms with Crippen molar-refractivity contribution < 1.29 is 31.8 Å². The molecule has 2 atom stereocenters. The summed E-state index contributed by atoms with van der Waals surface area (Å²) in [7, 11) is 0. The topological polar surface area (TPSA) is 63.5 Å². The Morgan fingerprint density at radius 1 is 0.882 bits per heavy atom. The predicted molar refractivity (Wildman–Crippen MR) is 115 cm³/mol. The molecule has 2 aromatic carbocycles. The molecule has 3 aliphatic rings. The van der Waals surface area contributed by atoms with Crippen LogP contribution < -0.4 is 9.47 Å². The lowest BCUT2D eigenvalue weighted by Crippen LogP contribution is -2.45. The minimum absolute atomic E-state index is 0.0203. The lowest BCUT2D eigenvalue weighted by atomic mass is 9.85. The van der Waals surface area contributed by atoms with E-state index in [1.54, 1.807) is 23.3 Å². The monoisotopic (exact) mass is 473 g/mol. The molecule has 0 N–H and O–H groups in total. The molecular formula is C24H19F4N3O3. The molecule has 2 unspecified atom stereocenters. The molecule has 0 amide bonds. The fourth-order valence-corrected chi connectivity index (χ4v) is 4.06. The summed E-state index contributed by atoms with van der Waals surface area (Å²) < 4.78 is 58.8. The zero-order valence-corrected chi connectivity index (χ0v) is 17.7. The van der Waals surface area contributed by atoms with Gasteiger partial charge >= 0.3 is 13.2 Å². The normalized spacial score (nSPS) is 21.9. The van der Waals surface area contributed by atoms with Gasteiger partial charge in [0.1, 0.15) is 17.2 Å². The number of ketones is 1. The van der Waals surface area contributed by atoms with E-state index in [1.807, 2.05) is 6.08 Å². The quantitative estimate of drug-likeness (QED) is 0.533. The van der Waals surface area contributed by atoms with Crippen LogP contribution in [0.2, 0.25) is 0 Å². The second kappa shape index (κ2) is 8.92. The van der Waals surface area contributed by atoms with E-state index in [0.717, 1.165) is 18.6 Å². The van der Waals surface area contributed by atoms with Crippen molar-refractivity contribution in [1.82, 2.24) is 5.01 Å². The average molecular weight is 473 g/mol. The standard InChI is InChI=1S/C24H19F4N3O3/c25-23(26)33-16-7-3-14(4-8-16)19-21(32)20(15-5-9-17(10-6-15)34-24(27)28)30-31-12-11-18(13-1-2-13)29-22(19)31/h3-13,19,22-24H,1-2H2. The van der Waals surface area contributed by atoms with Crippen molar-refractivity contribution in [2.75, 3.05) is 0 Å². The van der Waals surface area contributed by atoms with Crippen LogP contribution in [-0.2, 0) is 4.79 Å². The molecule has 1 aliphatic carbocycles. The van der Waals surface area contributed by atoms with E-state index in [1.165, 1.54) is 36.4 Å². The summed E-state index contributed by atoms with van der Waals surface area (Å²) in [5.41, 5.74) is 2.04. The Balaban J connectivity index is 1.50. The van der Waals surface area contributed by atoms with E-state index in [2.05, 4.69) is 14.6 Å². The Bertz CT molecular complexity index is 1160. The third-order valence-corrected chi connectivity index (χ3v) is 5.79. The van der Waals surface area contributed by atoms with Gasteiger partial charge in [-0.25, -0.2) is 5.01 Å². The molecule has 0 radical (unpaired) electrons. The Morgan fingerprint density at radius 2 is 1.47 bits per heavy atom. The smallest absolute Gasteiger partial charge is 0.387 e. The second-order valence-corrected chi connectivity index (χ2v) is 8.08. The highest BCUT2D eigenvalue weighted by molar-refractivity contribution is 6.48. The molecule has 1 fully saturated rings. The lowest BCUT2D eigenvalue weighted by molar-refractivity contribution is -0.116. The fourth-order valence-electron chi connectivity index (χ4n) is 4.06. The highest BCUT2D eigenvalue weighted by atomic mass is 19.3. The van der Waals surface area contributed by atoms with E-state index < -0.39 is 25.3 Å². The number of nitrogens with zero attached hydrogens (tertiary/aromatic N) is 3. The maximum atomic E-state index is 13.6. The first-order valence-electron chi connectivity index (χ1n) is 10.7.